The highest BCUT2D eigenvalue weighted by Crippen LogP contribution is 2.32. The summed E-state index contributed by atoms with van der Waals surface area (Å²) in [5, 5.41) is 10.9. The number of likely N-dealkylation sites (tertiary alicyclic amines) is 1. The SMILES string of the molecule is Cc1cc(C)c(S(=O)(=O)N2CCCCC2COCC(=O)N2CCC(O)(c3ccccn3)CC2)c(C)c1. The fourth-order valence-electron chi connectivity index (χ4n) is 5.54. The Kier molecular flexibility index (Phi) is 8.14. The van der Waals surface area contributed by atoms with Gasteiger partial charge in [-0.3, -0.25) is 9.78 Å². The quantitative estimate of drug-likeness (QED) is 0.608. The Morgan fingerprint density at radius 2 is 1.81 bits per heavy atom. The third kappa shape index (κ3) is 5.64. The molecule has 8 nitrogen and oxygen atoms in total. The van der Waals surface area contributed by atoms with Crippen molar-refractivity contribution in [2.45, 2.75) is 69.4 Å². The largest absolute Gasteiger partial charge is 0.383 e. The van der Waals surface area contributed by atoms with Crippen LogP contribution in [0.5, 0.6) is 0 Å². The van der Waals surface area contributed by atoms with Gasteiger partial charge >= 0.3 is 0 Å². The number of aryl methyl sites for hydroxylation is 3. The number of piperidine rings is 2. The van der Waals surface area contributed by atoms with E-state index < -0.39 is 15.6 Å². The second-order valence-corrected chi connectivity index (χ2v) is 12.0. The highest BCUT2D eigenvalue weighted by atomic mass is 32.2. The van der Waals surface area contributed by atoms with E-state index in [1.807, 2.05) is 51.1 Å². The topological polar surface area (TPSA) is 100 Å². The smallest absolute Gasteiger partial charge is 0.248 e. The van der Waals surface area contributed by atoms with Crippen LogP contribution in [0.15, 0.2) is 41.4 Å². The van der Waals surface area contributed by atoms with Gasteiger partial charge in [-0.15, -0.1) is 0 Å². The van der Waals surface area contributed by atoms with E-state index in [1.165, 1.54) is 0 Å². The number of carbonyl (C=O) groups is 1. The number of rotatable bonds is 7. The Morgan fingerprint density at radius 3 is 2.44 bits per heavy atom. The molecular formula is C27H37N3O5S. The maximum atomic E-state index is 13.6. The van der Waals surface area contributed by atoms with Crippen LogP contribution in [0.1, 0.15) is 54.5 Å². The standard InChI is InChI=1S/C27H37N3O5S/c1-20-16-21(2)26(22(3)17-20)36(33,34)30-13-7-5-8-23(30)18-35-19-25(31)29-14-10-27(32,11-15-29)24-9-4-6-12-28-24/h4,6,9,12,16-17,23,32H,5,7-8,10-11,13-15,18-19H2,1-3H3. The van der Waals surface area contributed by atoms with Gasteiger partial charge in [-0.1, -0.05) is 30.2 Å². The minimum Gasteiger partial charge on any atom is -0.383 e. The van der Waals surface area contributed by atoms with Crippen molar-refractivity contribution >= 4 is 15.9 Å². The highest BCUT2D eigenvalue weighted by Gasteiger charge is 2.37. The molecule has 0 aliphatic carbocycles. The Hall–Kier alpha value is -2.33. The number of benzene rings is 1. The molecule has 0 radical (unpaired) electrons. The zero-order chi connectivity index (χ0) is 25.9. The second kappa shape index (κ2) is 11.0. The van der Waals surface area contributed by atoms with E-state index >= 15 is 0 Å². The molecule has 1 atom stereocenters. The van der Waals surface area contributed by atoms with Gasteiger partial charge in [0.25, 0.3) is 0 Å². The lowest BCUT2D eigenvalue weighted by atomic mass is 9.88. The van der Waals surface area contributed by atoms with Crippen LogP contribution < -0.4 is 0 Å². The van der Waals surface area contributed by atoms with Gasteiger partial charge in [-0.25, -0.2) is 8.42 Å². The van der Waals surface area contributed by atoms with Crippen LogP contribution in [0, 0.1) is 20.8 Å². The van der Waals surface area contributed by atoms with Gasteiger partial charge in [-0.2, -0.15) is 4.31 Å². The lowest BCUT2D eigenvalue weighted by Crippen LogP contribution is -2.48. The van der Waals surface area contributed by atoms with Crippen LogP contribution in [0.25, 0.3) is 0 Å². The summed E-state index contributed by atoms with van der Waals surface area (Å²) in [4.78, 5) is 19.1. The van der Waals surface area contributed by atoms with Crippen LogP contribution >= 0.6 is 0 Å². The Labute approximate surface area is 214 Å². The molecular weight excluding hydrogens is 478 g/mol. The maximum absolute atomic E-state index is 13.6. The summed E-state index contributed by atoms with van der Waals surface area (Å²) in [7, 11) is -3.68. The summed E-state index contributed by atoms with van der Waals surface area (Å²) in [5.74, 6) is -0.145. The maximum Gasteiger partial charge on any atom is 0.248 e. The van der Waals surface area contributed by atoms with Crippen molar-refractivity contribution in [3.8, 4) is 0 Å². The van der Waals surface area contributed by atoms with Crippen molar-refractivity contribution in [3.63, 3.8) is 0 Å². The number of carbonyl (C=O) groups excluding carboxylic acids is 1. The van der Waals surface area contributed by atoms with Gasteiger partial charge in [0.15, 0.2) is 0 Å². The predicted octanol–water partition coefficient (Wildman–Crippen LogP) is 3.08. The molecule has 2 aromatic rings. The molecule has 2 aliphatic heterocycles. The van der Waals surface area contributed by atoms with Crippen LogP contribution in [0.4, 0.5) is 0 Å². The van der Waals surface area contributed by atoms with E-state index in [2.05, 4.69) is 4.98 Å². The van der Waals surface area contributed by atoms with Gasteiger partial charge in [0.2, 0.25) is 15.9 Å². The second-order valence-electron chi connectivity index (χ2n) is 10.1. The molecule has 0 spiro atoms. The normalized spacial score (nSPS) is 20.9. The van der Waals surface area contributed by atoms with E-state index in [4.69, 9.17) is 4.74 Å². The molecule has 0 bridgehead atoms. The van der Waals surface area contributed by atoms with E-state index in [9.17, 15) is 18.3 Å². The molecule has 9 heteroatoms. The minimum atomic E-state index is -3.68. The summed E-state index contributed by atoms with van der Waals surface area (Å²) in [6.45, 7) is 7.02. The Bertz CT molecular complexity index is 1150. The fraction of sp³-hybridized carbons (Fsp3) is 0.556. The van der Waals surface area contributed by atoms with E-state index in [-0.39, 0.29) is 25.2 Å². The summed E-state index contributed by atoms with van der Waals surface area (Å²) >= 11 is 0. The number of pyridine rings is 1. The van der Waals surface area contributed by atoms with Crippen molar-refractivity contribution < 1.29 is 23.1 Å². The number of aromatic nitrogens is 1. The summed E-state index contributed by atoms with van der Waals surface area (Å²) in [6, 6.07) is 8.98. The van der Waals surface area contributed by atoms with Gasteiger partial charge < -0.3 is 14.7 Å². The van der Waals surface area contributed by atoms with Gasteiger partial charge in [0, 0.05) is 31.9 Å². The van der Waals surface area contributed by atoms with Crippen LogP contribution in [0.3, 0.4) is 0 Å². The van der Waals surface area contributed by atoms with Gasteiger partial charge in [-0.05, 0) is 69.7 Å². The zero-order valence-corrected chi connectivity index (χ0v) is 22.3. The van der Waals surface area contributed by atoms with Crippen molar-refractivity contribution in [1.82, 2.24) is 14.2 Å². The van der Waals surface area contributed by atoms with E-state index in [0.717, 1.165) is 29.5 Å². The summed E-state index contributed by atoms with van der Waals surface area (Å²) < 4.78 is 34.6. The molecule has 2 aliphatic rings. The Morgan fingerprint density at radius 1 is 1.11 bits per heavy atom. The fourth-order valence-corrected chi connectivity index (χ4v) is 7.64. The molecule has 2 saturated heterocycles. The zero-order valence-electron chi connectivity index (χ0n) is 21.4. The number of ether oxygens (including phenoxy) is 1. The molecule has 1 unspecified atom stereocenters. The Balaban J connectivity index is 1.34. The van der Waals surface area contributed by atoms with Crippen molar-refractivity contribution in [2.75, 3.05) is 32.8 Å². The number of amides is 1. The average molecular weight is 516 g/mol. The minimum absolute atomic E-state index is 0.102. The van der Waals surface area contributed by atoms with Crippen molar-refractivity contribution in [2.24, 2.45) is 0 Å². The monoisotopic (exact) mass is 515 g/mol. The highest BCUT2D eigenvalue weighted by molar-refractivity contribution is 7.89. The molecule has 196 valence electrons. The van der Waals surface area contributed by atoms with Crippen LogP contribution in [-0.4, -0.2) is 72.5 Å². The summed E-state index contributed by atoms with van der Waals surface area (Å²) in [5.41, 5.74) is 2.15. The molecule has 1 aromatic carbocycles. The molecule has 2 fully saturated rings. The van der Waals surface area contributed by atoms with Crippen molar-refractivity contribution in [3.05, 3.63) is 58.9 Å². The van der Waals surface area contributed by atoms with Crippen LogP contribution in [-0.2, 0) is 25.2 Å². The number of nitrogens with zero attached hydrogens (tertiary/aromatic N) is 3. The van der Waals surface area contributed by atoms with Crippen LogP contribution in [0.2, 0.25) is 0 Å². The molecule has 36 heavy (non-hydrogen) atoms. The molecule has 4 rings (SSSR count). The first-order valence-electron chi connectivity index (χ1n) is 12.7. The number of sulfonamides is 1. The third-order valence-corrected chi connectivity index (χ3v) is 9.62. The molecule has 1 amide bonds. The lowest BCUT2D eigenvalue weighted by molar-refractivity contribution is -0.141. The average Bonchev–Trinajstić information content (AvgIpc) is 2.84. The first kappa shape index (κ1) is 26.7. The van der Waals surface area contributed by atoms with E-state index in [1.54, 1.807) is 15.4 Å². The first-order chi connectivity index (χ1) is 17.1. The molecule has 0 saturated carbocycles. The van der Waals surface area contributed by atoms with Gasteiger partial charge in [0.1, 0.15) is 12.2 Å². The molecule has 1 N–H and O–H groups in total. The number of hydrogen-bond acceptors (Lipinski definition) is 6. The van der Waals surface area contributed by atoms with Crippen molar-refractivity contribution in [1.29, 1.82) is 0 Å². The number of hydrogen-bond donors (Lipinski definition) is 1. The lowest BCUT2D eigenvalue weighted by Gasteiger charge is -2.38. The summed E-state index contributed by atoms with van der Waals surface area (Å²) in [6.07, 6.45) is 4.94. The molecule has 3 heterocycles. The third-order valence-electron chi connectivity index (χ3n) is 7.37. The predicted molar refractivity (Wildman–Crippen MR) is 137 cm³/mol. The first-order valence-corrected chi connectivity index (χ1v) is 14.1. The van der Waals surface area contributed by atoms with E-state index in [0.29, 0.717) is 49.5 Å². The number of aliphatic hydroxyl groups is 1. The molecule has 1 aromatic heterocycles. The van der Waals surface area contributed by atoms with Gasteiger partial charge in [0.05, 0.1) is 17.2 Å².